The third-order valence-electron chi connectivity index (χ3n) is 4.73. The van der Waals surface area contributed by atoms with Gasteiger partial charge in [0.25, 0.3) is 5.91 Å². The van der Waals surface area contributed by atoms with E-state index in [9.17, 15) is 10.1 Å². The van der Waals surface area contributed by atoms with Crippen LogP contribution in [0, 0.1) is 18.3 Å². The third-order valence-corrected chi connectivity index (χ3v) is 5.81. The van der Waals surface area contributed by atoms with Gasteiger partial charge < -0.3 is 10.1 Å². The second-order valence-electron chi connectivity index (χ2n) is 7.40. The van der Waals surface area contributed by atoms with Crippen LogP contribution >= 0.6 is 31.9 Å². The number of benzene rings is 3. The number of rotatable bonds is 8. The van der Waals surface area contributed by atoms with E-state index in [1.54, 1.807) is 24.3 Å². The van der Waals surface area contributed by atoms with Crippen molar-refractivity contribution in [1.82, 2.24) is 0 Å². The van der Waals surface area contributed by atoms with E-state index >= 15 is 0 Å². The summed E-state index contributed by atoms with van der Waals surface area (Å²) in [4.78, 5) is 12.6. The van der Waals surface area contributed by atoms with Gasteiger partial charge in [-0.15, -0.1) is 6.58 Å². The molecule has 0 radical (unpaired) electrons. The van der Waals surface area contributed by atoms with Crippen LogP contribution in [0.25, 0.3) is 6.08 Å². The molecule has 0 aromatic heterocycles. The number of carbonyl (C=O) groups is 1. The summed E-state index contributed by atoms with van der Waals surface area (Å²) in [5.41, 5.74) is 4.47. The molecule has 0 unspecified atom stereocenters. The minimum atomic E-state index is -0.475. The number of nitrogens with zero attached hydrogens (tertiary/aromatic N) is 1. The molecule has 166 valence electrons. The molecule has 0 spiro atoms. The molecule has 0 heterocycles. The molecule has 4 nitrogen and oxygen atoms in total. The molecule has 0 aliphatic heterocycles. The number of amides is 1. The molecule has 1 N–H and O–H groups in total. The van der Waals surface area contributed by atoms with Crippen molar-refractivity contribution < 1.29 is 9.53 Å². The number of allylic oxidation sites excluding steroid dienone is 1. The highest BCUT2D eigenvalue weighted by Crippen LogP contribution is 2.33. The van der Waals surface area contributed by atoms with Crippen LogP contribution in [0.2, 0.25) is 0 Å². The molecule has 0 fully saturated rings. The first-order valence-electron chi connectivity index (χ1n) is 10.2. The first-order valence-corrected chi connectivity index (χ1v) is 11.8. The van der Waals surface area contributed by atoms with Crippen LogP contribution in [0.5, 0.6) is 5.75 Å². The lowest BCUT2D eigenvalue weighted by molar-refractivity contribution is -0.112. The Morgan fingerprint density at radius 3 is 2.64 bits per heavy atom. The van der Waals surface area contributed by atoms with Gasteiger partial charge in [0.15, 0.2) is 0 Å². The Morgan fingerprint density at radius 2 is 1.94 bits per heavy atom. The summed E-state index contributed by atoms with van der Waals surface area (Å²) in [6, 6.07) is 21.1. The molecule has 3 rings (SSSR count). The minimum absolute atomic E-state index is 0.000132. The second kappa shape index (κ2) is 11.6. The number of ether oxygens (including phenoxy) is 1. The van der Waals surface area contributed by atoms with Crippen molar-refractivity contribution in [3.8, 4) is 11.8 Å². The lowest BCUT2D eigenvalue weighted by atomic mass is 10.0. The van der Waals surface area contributed by atoms with Crippen molar-refractivity contribution in [1.29, 1.82) is 5.26 Å². The van der Waals surface area contributed by atoms with E-state index in [4.69, 9.17) is 4.74 Å². The summed E-state index contributed by atoms with van der Waals surface area (Å²) in [5.74, 6) is 0.238. The first kappa shape index (κ1) is 24.5. The monoisotopic (exact) mass is 564 g/mol. The van der Waals surface area contributed by atoms with Crippen molar-refractivity contribution in [2.24, 2.45) is 0 Å². The van der Waals surface area contributed by atoms with E-state index in [0.717, 1.165) is 20.1 Å². The average Bonchev–Trinajstić information content (AvgIpc) is 2.77. The molecule has 0 aliphatic carbocycles. The van der Waals surface area contributed by atoms with Gasteiger partial charge in [0.1, 0.15) is 24.0 Å². The maximum atomic E-state index is 12.6. The van der Waals surface area contributed by atoms with E-state index in [1.807, 2.05) is 55.5 Å². The Labute approximate surface area is 210 Å². The quantitative estimate of drug-likeness (QED) is 0.176. The maximum Gasteiger partial charge on any atom is 0.266 e. The predicted octanol–water partition coefficient (Wildman–Crippen LogP) is 7.37. The van der Waals surface area contributed by atoms with Crippen LogP contribution in [0.4, 0.5) is 5.69 Å². The Balaban J connectivity index is 1.85. The zero-order valence-electron chi connectivity index (χ0n) is 18.1. The molecule has 0 saturated heterocycles. The van der Waals surface area contributed by atoms with Gasteiger partial charge in [0, 0.05) is 10.2 Å². The maximum absolute atomic E-state index is 12.6. The largest absolute Gasteiger partial charge is 0.487 e. The van der Waals surface area contributed by atoms with Crippen molar-refractivity contribution in [2.45, 2.75) is 20.0 Å². The molecule has 3 aromatic carbocycles. The molecular formula is C27H22Br2N2O2. The summed E-state index contributed by atoms with van der Waals surface area (Å²) in [6.45, 7) is 6.31. The van der Waals surface area contributed by atoms with Crippen LogP contribution in [-0.4, -0.2) is 5.91 Å². The van der Waals surface area contributed by atoms with Crippen LogP contribution in [0.1, 0.15) is 22.3 Å². The van der Waals surface area contributed by atoms with E-state index < -0.39 is 5.91 Å². The Hall–Kier alpha value is -3.14. The standard InChI is InChI=1S/C27H22Br2N2O2/c1-3-6-21-12-20(13-22(16-30)27(32)31-24-10-5-9-23(28)15-24)14-25(29)26(21)33-17-19-8-4-7-18(2)11-19/h3-5,7-15H,1,6,17H2,2H3,(H,31,32)/b22-13-. The van der Waals surface area contributed by atoms with Gasteiger partial charge in [-0.3, -0.25) is 4.79 Å². The van der Waals surface area contributed by atoms with E-state index in [2.05, 4.69) is 49.8 Å². The summed E-state index contributed by atoms with van der Waals surface area (Å²) < 4.78 is 7.70. The van der Waals surface area contributed by atoms with Crippen molar-refractivity contribution in [3.63, 3.8) is 0 Å². The minimum Gasteiger partial charge on any atom is -0.487 e. The van der Waals surface area contributed by atoms with Gasteiger partial charge in [-0.25, -0.2) is 0 Å². The number of carbonyl (C=O) groups excluding carboxylic acids is 1. The summed E-state index contributed by atoms with van der Waals surface area (Å²) in [5, 5.41) is 12.3. The normalized spacial score (nSPS) is 10.9. The zero-order valence-corrected chi connectivity index (χ0v) is 21.2. The molecule has 0 atom stereocenters. The number of hydrogen-bond acceptors (Lipinski definition) is 3. The Kier molecular flexibility index (Phi) is 8.65. The highest BCUT2D eigenvalue weighted by molar-refractivity contribution is 9.10. The van der Waals surface area contributed by atoms with Crippen LogP contribution in [0.15, 0.2) is 87.8 Å². The van der Waals surface area contributed by atoms with E-state index in [0.29, 0.717) is 30.0 Å². The molecule has 3 aromatic rings. The lowest BCUT2D eigenvalue weighted by Crippen LogP contribution is -2.13. The van der Waals surface area contributed by atoms with E-state index in [1.165, 1.54) is 5.56 Å². The third kappa shape index (κ3) is 6.92. The zero-order chi connectivity index (χ0) is 23.8. The second-order valence-corrected chi connectivity index (χ2v) is 9.17. The van der Waals surface area contributed by atoms with Crippen molar-refractivity contribution >= 4 is 49.5 Å². The fourth-order valence-corrected chi connectivity index (χ4v) is 4.30. The smallest absolute Gasteiger partial charge is 0.266 e. The molecule has 0 bridgehead atoms. The fraction of sp³-hybridized carbons (Fsp3) is 0.111. The Morgan fingerprint density at radius 1 is 1.15 bits per heavy atom. The summed E-state index contributed by atoms with van der Waals surface area (Å²) in [6.07, 6.45) is 3.94. The highest BCUT2D eigenvalue weighted by Gasteiger charge is 2.14. The van der Waals surface area contributed by atoms with Crippen molar-refractivity contribution in [3.05, 3.63) is 110 Å². The number of aryl methyl sites for hydroxylation is 1. The number of anilines is 1. The number of nitriles is 1. The molecule has 6 heteroatoms. The SMILES string of the molecule is C=CCc1cc(/C=C(/C#N)C(=O)Nc2cccc(Br)c2)cc(Br)c1OCc1cccc(C)c1. The lowest BCUT2D eigenvalue weighted by Gasteiger charge is -2.14. The average molecular weight is 566 g/mol. The predicted molar refractivity (Wildman–Crippen MR) is 140 cm³/mol. The first-order chi connectivity index (χ1) is 15.9. The summed E-state index contributed by atoms with van der Waals surface area (Å²) in [7, 11) is 0. The Bertz CT molecular complexity index is 1260. The van der Waals surface area contributed by atoms with Crippen molar-refractivity contribution in [2.75, 3.05) is 5.32 Å². The molecule has 33 heavy (non-hydrogen) atoms. The fourth-order valence-electron chi connectivity index (χ4n) is 3.26. The number of hydrogen-bond donors (Lipinski definition) is 1. The molecule has 0 saturated carbocycles. The van der Waals surface area contributed by atoms with Gasteiger partial charge in [0.05, 0.1) is 4.47 Å². The van der Waals surface area contributed by atoms with Crippen LogP contribution in [-0.2, 0) is 17.8 Å². The summed E-state index contributed by atoms with van der Waals surface area (Å²) >= 11 is 6.96. The molecule has 0 aliphatic rings. The van der Waals surface area contributed by atoms with Crippen LogP contribution in [0.3, 0.4) is 0 Å². The topological polar surface area (TPSA) is 62.1 Å². The van der Waals surface area contributed by atoms with Crippen LogP contribution < -0.4 is 10.1 Å². The van der Waals surface area contributed by atoms with Gasteiger partial charge in [-0.2, -0.15) is 5.26 Å². The van der Waals surface area contributed by atoms with Gasteiger partial charge in [0.2, 0.25) is 0 Å². The van der Waals surface area contributed by atoms with Gasteiger partial charge in [-0.1, -0.05) is 57.9 Å². The van der Waals surface area contributed by atoms with E-state index in [-0.39, 0.29) is 5.57 Å². The number of nitrogens with one attached hydrogen (secondary N) is 1. The van der Waals surface area contributed by atoms with Gasteiger partial charge in [-0.05, 0) is 82.4 Å². The molecule has 1 amide bonds. The highest BCUT2D eigenvalue weighted by atomic mass is 79.9. The molecular weight excluding hydrogens is 544 g/mol. The van der Waals surface area contributed by atoms with Gasteiger partial charge >= 0.3 is 0 Å². The number of halogens is 2.